The second-order valence-corrected chi connectivity index (χ2v) is 5.39. The summed E-state index contributed by atoms with van der Waals surface area (Å²) in [6.07, 6.45) is 3.44. The molecule has 0 aliphatic carbocycles. The zero-order valence-corrected chi connectivity index (χ0v) is 11.3. The summed E-state index contributed by atoms with van der Waals surface area (Å²) in [4.78, 5) is 12.1. The van der Waals surface area contributed by atoms with Gasteiger partial charge in [-0.3, -0.25) is 4.79 Å². The molecule has 1 atom stereocenters. The van der Waals surface area contributed by atoms with E-state index in [4.69, 9.17) is 4.74 Å². The van der Waals surface area contributed by atoms with E-state index in [0.717, 1.165) is 31.4 Å². The van der Waals surface area contributed by atoms with Gasteiger partial charge in [0.1, 0.15) is 6.10 Å². The highest BCUT2D eigenvalue weighted by Gasteiger charge is 2.21. The maximum absolute atomic E-state index is 12.1. The first-order valence-corrected chi connectivity index (χ1v) is 6.90. The Kier molecular flexibility index (Phi) is 4.54. The minimum Gasteiger partial charge on any atom is -0.370 e. The Morgan fingerprint density at radius 3 is 2.56 bits per heavy atom. The van der Waals surface area contributed by atoms with Gasteiger partial charge in [0.05, 0.1) is 0 Å². The smallest absolute Gasteiger partial charge is 0.165 e. The molecule has 18 heavy (non-hydrogen) atoms. The molecule has 2 rings (SSSR count). The third-order valence-corrected chi connectivity index (χ3v) is 3.56. The van der Waals surface area contributed by atoms with Crippen molar-refractivity contribution < 1.29 is 9.53 Å². The summed E-state index contributed by atoms with van der Waals surface area (Å²) in [5.41, 5.74) is 2.42. The molecule has 1 fully saturated rings. The molecule has 1 aromatic carbocycles. The van der Waals surface area contributed by atoms with Crippen molar-refractivity contribution in [3.05, 3.63) is 35.4 Å². The summed E-state index contributed by atoms with van der Waals surface area (Å²) in [6.45, 7) is 5.09. The van der Waals surface area contributed by atoms with Gasteiger partial charge < -0.3 is 4.74 Å². The Morgan fingerprint density at radius 1 is 1.28 bits per heavy atom. The van der Waals surface area contributed by atoms with E-state index in [-0.39, 0.29) is 11.9 Å². The summed E-state index contributed by atoms with van der Waals surface area (Å²) in [6, 6.07) is 8.37. The number of hydrogen-bond donors (Lipinski definition) is 0. The van der Waals surface area contributed by atoms with Crippen LogP contribution in [0.1, 0.15) is 50.2 Å². The van der Waals surface area contributed by atoms with Gasteiger partial charge in [-0.15, -0.1) is 0 Å². The molecule has 1 saturated heterocycles. The molecular weight excluding hydrogens is 224 g/mol. The van der Waals surface area contributed by atoms with Crippen molar-refractivity contribution in [1.29, 1.82) is 0 Å². The summed E-state index contributed by atoms with van der Waals surface area (Å²) >= 11 is 0. The average molecular weight is 246 g/mol. The Balaban J connectivity index is 1.94. The van der Waals surface area contributed by atoms with Crippen LogP contribution >= 0.6 is 0 Å². The number of hydrogen-bond acceptors (Lipinski definition) is 2. The van der Waals surface area contributed by atoms with Gasteiger partial charge in [-0.1, -0.05) is 38.1 Å². The van der Waals surface area contributed by atoms with Gasteiger partial charge in [0.15, 0.2) is 5.78 Å². The highest BCUT2D eigenvalue weighted by Crippen LogP contribution is 2.18. The fourth-order valence-electron chi connectivity index (χ4n) is 2.33. The van der Waals surface area contributed by atoms with E-state index in [1.165, 1.54) is 5.56 Å². The van der Waals surface area contributed by atoms with E-state index in [1.807, 2.05) is 0 Å². The minimum atomic E-state index is -0.163. The largest absolute Gasteiger partial charge is 0.370 e. The number of ketones is 1. The van der Waals surface area contributed by atoms with E-state index >= 15 is 0 Å². The lowest BCUT2D eigenvalue weighted by Gasteiger charge is -2.21. The number of rotatable bonds is 4. The quantitative estimate of drug-likeness (QED) is 0.813. The van der Waals surface area contributed by atoms with Gasteiger partial charge in [0, 0.05) is 13.0 Å². The number of carbonyl (C=O) groups excluding carboxylic acids is 1. The van der Waals surface area contributed by atoms with Crippen LogP contribution < -0.4 is 0 Å². The first kappa shape index (κ1) is 13.3. The molecule has 1 unspecified atom stereocenters. The monoisotopic (exact) mass is 246 g/mol. The Labute approximate surface area is 109 Å². The first-order chi connectivity index (χ1) is 8.66. The van der Waals surface area contributed by atoms with Crippen molar-refractivity contribution in [3.63, 3.8) is 0 Å². The minimum absolute atomic E-state index is 0.163. The molecule has 0 saturated carbocycles. The van der Waals surface area contributed by atoms with Gasteiger partial charge >= 0.3 is 0 Å². The van der Waals surface area contributed by atoms with Crippen molar-refractivity contribution in [1.82, 2.24) is 0 Å². The predicted molar refractivity (Wildman–Crippen MR) is 72.8 cm³/mol. The molecule has 2 nitrogen and oxygen atoms in total. The second-order valence-electron chi connectivity index (χ2n) is 5.39. The summed E-state index contributed by atoms with van der Waals surface area (Å²) < 4.78 is 5.52. The van der Waals surface area contributed by atoms with Gasteiger partial charge in [-0.2, -0.15) is 0 Å². The molecule has 1 aliphatic heterocycles. The van der Waals surface area contributed by atoms with Crippen LogP contribution in [0.15, 0.2) is 24.3 Å². The third kappa shape index (κ3) is 3.42. The third-order valence-electron chi connectivity index (χ3n) is 3.56. The van der Waals surface area contributed by atoms with Gasteiger partial charge in [-0.05, 0) is 36.3 Å². The number of ether oxygens (including phenoxy) is 1. The highest BCUT2D eigenvalue weighted by atomic mass is 16.5. The Hall–Kier alpha value is -1.15. The lowest BCUT2D eigenvalue weighted by atomic mass is 9.97. The lowest BCUT2D eigenvalue weighted by Crippen LogP contribution is -2.29. The second kappa shape index (κ2) is 6.14. The normalized spacial score (nSPS) is 20.1. The fourth-order valence-corrected chi connectivity index (χ4v) is 2.33. The fraction of sp³-hybridized carbons (Fsp3) is 0.562. The molecule has 0 amide bonds. The molecule has 1 heterocycles. The SMILES string of the molecule is CC(C)c1ccc(CC(=O)C2CCCCO2)cc1. The molecule has 0 N–H and O–H groups in total. The van der Waals surface area contributed by atoms with E-state index in [0.29, 0.717) is 12.3 Å². The van der Waals surface area contributed by atoms with E-state index in [1.54, 1.807) is 0 Å². The van der Waals surface area contributed by atoms with Crippen LogP contribution in [0.5, 0.6) is 0 Å². The molecule has 0 radical (unpaired) electrons. The van der Waals surface area contributed by atoms with E-state index < -0.39 is 0 Å². The van der Waals surface area contributed by atoms with Gasteiger partial charge in [-0.25, -0.2) is 0 Å². The van der Waals surface area contributed by atoms with Crippen LogP contribution in [0, 0.1) is 0 Å². The summed E-state index contributed by atoms with van der Waals surface area (Å²) in [7, 11) is 0. The zero-order valence-electron chi connectivity index (χ0n) is 11.3. The van der Waals surface area contributed by atoms with Crippen molar-refractivity contribution in [2.75, 3.05) is 6.61 Å². The van der Waals surface area contributed by atoms with E-state index in [9.17, 15) is 4.79 Å². The Morgan fingerprint density at radius 2 is 2.00 bits per heavy atom. The molecule has 1 aromatic rings. The van der Waals surface area contributed by atoms with Crippen molar-refractivity contribution in [2.24, 2.45) is 0 Å². The van der Waals surface area contributed by atoms with Gasteiger partial charge in [0.25, 0.3) is 0 Å². The van der Waals surface area contributed by atoms with E-state index in [2.05, 4.69) is 38.1 Å². The maximum Gasteiger partial charge on any atom is 0.165 e. The Bertz CT molecular complexity index is 386. The molecule has 0 bridgehead atoms. The number of benzene rings is 1. The summed E-state index contributed by atoms with van der Waals surface area (Å²) in [5, 5.41) is 0. The molecule has 1 aliphatic rings. The van der Waals surface area contributed by atoms with Crippen LogP contribution in [0.2, 0.25) is 0 Å². The predicted octanol–water partition coefficient (Wildman–Crippen LogP) is 3.49. The van der Waals surface area contributed by atoms with Crippen molar-refractivity contribution in [3.8, 4) is 0 Å². The first-order valence-electron chi connectivity index (χ1n) is 6.90. The van der Waals surface area contributed by atoms with Crippen molar-refractivity contribution >= 4 is 5.78 Å². The number of Topliss-reactive ketones (excluding diaryl/α,β-unsaturated/α-hetero) is 1. The number of carbonyl (C=O) groups is 1. The standard InChI is InChI=1S/C16H22O2/c1-12(2)14-8-6-13(7-9-14)11-15(17)16-5-3-4-10-18-16/h6-9,12,16H,3-5,10-11H2,1-2H3. The molecule has 2 heteroatoms. The van der Waals surface area contributed by atoms with Crippen LogP contribution in [0.3, 0.4) is 0 Å². The molecular formula is C16H22O2. The lowest BCUT2D eigenvalue weighted by molar-refractivity contribution is -0.132. The van der Waals surface area contributed by atoms with Crippen LogP contribution in [0.4, 0.5) is 0 Å². The van der Waals surface area contributed by atoms with Crippen molar-refractivity contribution in [2.45, 2.75) is 51.6 Å². The zero-order chi connectivity index (χ0) is 13.0. The summed E-state index contributed by atoms with van der Waals surface area (Å²) in [5.74, 6) is 0.767. The molecule has 0 spiro atoms. The molecule has 0 aromatic heterocycles. The topological polar surface area (TPSA) is 26.3 Å². The van der Waals surface area contributed by atoms with Crippen LogP contribution in [-0.4, -0.2) is 18.5 Å². The highest BCUT2D eigenvalue weighted by molar-refractivity contribution is 5.85. The maximum atomic E-state index is 12.1. The van der Waals surface area contributed by atoms with Crippen LogP contribution in [0.25, 0.3) is 0 Å². The van der Waals surface area contributed by atoms with Gasteiger partial charge in [0.2, 0.25) is 0 Å². The van der Waals surface area contributed by atoms with Crippen LogP contribution in [-0.2, 0) is 16.0 Å². The molecule has 98 valence electrons. The average Bonchev–Trinajstić information content (AvgIpc) is 2.40.